The van der Waals surface area contributed by atoms with E-state index in [0.717, 1.165) is 45.0 Å². The number of carbonyl (C=O) groups is 2. The number of hydrogen-bond donors (Lipinski definition) is 1. The lowest BCUT2D eigenvalue weighted by atomic mass is 10.0. The Labute approximate surface area is 204 Å². The van der Waals surface area contributed by atoms with E-state index in [4.69, 9.17) is 9.84 Å². The van der Waals surface area contributed by atoms with Crippen molar-refractivity contribution in [3.8, 4) is 0 Å². The Morgan fingerprint density at radius 1 is 1.28 bits per heavy atom. The van der Waals surface area contributed by atoms with Gasteiger partial charge < -0.3 is 14.7 Å². The van der Waals surface area contributed by atoms with Crippen molar-refractivity contribution in [2.75, 3.05) is 24.5 Å². The summed E-state index contributed by atoms with van der Waals surface area (Å²) in [5.41, 5.74) is 0.0555. The zero-order valence-corrected chi connectivity index (χ0v) is 21.2. The number of carboxylic acid groups (broad SMARTS) is 1. The van der Waals surface area contributed by atoms with Gasteiger partial charge in [0.25, 0.3) is 0 Å². The minimum absolute atomic E-state index is 0. The third-order valence-corrected chi connectivity index (χ3v) is 5.31. The van der Waals surface area contributed by atoms with Crippen LogP contribution in [0.5, 0.6) is 0 Å². The van der Waals surface area contributed by atoms with Crippen molar-refractivity contribution in [1.82, 2.24) is 9.88 Å². The first kappa shape index (κ1) is 30.2. The van der Waals surface area contributed by atoms with Gasteiger partial charge in [0, 0.05) is 31.9 Å². The summed E-state index contributed by atoms with van der Waals surface area (Å²) in [6.07, 6.45) is 6.88. The molecule has 32 heavy (non-hydrogen) atoms. The topological polar surface area (TPSA) is 83.0 Å². The van der Waals surface area contributed by atoms with Crippen LogP contribution in [0.25, 0.3) is 6.08 Å². The SMILES string of the molecule is CCC(CC)CN1CC[C@@H](N(C(=O)OC(C)(C)C)c2ccc(/C=C/C(=O)O)cn2)C1.Cl.Cl. The van der Waals surface area contributed by atoms with E-state index in [-0.39, 0.29) is 30.9 Å². The first-order valence-electron chi connectivity index (χ1n) is 10.7. The maximum atomic E-state index is 13.0. The largest absolute Gasteiger partial charge is 0.478 e. The monoisotopic (exact) mass is 489 g/mol. The predicted molar refractivity (Wildman–Crippen MR) is 133 cm³/mol. The molecule has 1 aromatic heterocycles. The van der Waals surface area contributed by atoms with Gasteiger partial charge in [-0.3, -0.25) is 4.90 Å². The van der Waals surface area contributed by atoms with Crippen LogP contribution in [0.3, 0.4) is 0 Å². The molecule has 1 N–H and O–H groups in total. The zero-order chi connectivity index (χ0) is 22.3. The molecular weight excluding hydrogens is 453 g/mol. The van der Waals surface area contributed by atoms with E-state index >= 15 is 0 Å². The smallest absolute Gasteiger partial charge is 0.416 e. The van der Waals surface area contributed by atoms with Gasteiger partial charge in [-0.1, -0.05) is 26.7 Å². The zero-order valence-electron chi connectivity index (χ0n) is 19.6. The summed E-state index contributed by atoms with van der Waals surface area (Å²) in [5.74, 6) is 0.168. The highest BCUT2D eigenvalue weighted by Crippen LogP contribution is 2.26. The number of aliphatic carboxylic acids is 1. The molecule has 2 heterocycles. The standard InChI is InChI=1S/C23H35N3O4.2ClH/c1-6-17(7-2)15-25-13-12-19(16-25)26(22(29)30-23(3,4)5)20-10-8-18(14-24-20)9-11-21(27)28;;/h8-11,14,17,19H,6-7,12-13,15-16H2,1-5H3,(H,27,28);2*1H/b11-9+;;/t19-;;/m1../s1. The average Bonchev–Trinajstić information content (AvgIpc) is 3.12. The van der Waals surface area contributed by atoms with Crippen molar-refractivity contribution in [2.24, 2.45) is 5.92 Å². The minimum Gasteiger partial charge on any atom is -0.478 e. The van der Waals surface area contributed by atoms with Crippen LogP contribution in [0.1, 0.15) is 59.4 Å². The van der Waals surface area contributed by atoms with Gasteiger partial charge in [-0.05, 0) is 56.9 Å². The molecule has 7 nitrogen and oxygen atoms in total. The first-order valence-corrected chi connectivity index (χ1v) is 10.7. The summed E-state index contributed by atoms with van der Waals surface area (Å²) in [6.45, 7) is 12.8. The van der Waals surface area contributed by atoms with Crippen LogP contribution in [-0.2, 0) is 9.53 Å². The number of nitrogens with zero attached hydrogens (tertiary/aromatic N) is 3. The van der Waals surface area contributed by atoms with E-state index in [2.05, 4.69) is 23.7 Å². The quantitative estimate of drug-likeness (QED) is 0.500. The fraction of sp³-hybridized carbons (Fsp3) is 0.609. The van der Waals surface area contributed by atoms with Crippen LogP contribution in [-0.4, -0.2) is 58.3 Å². The van der Waals surface area contributed by atoms with Gasteiger partial charge in [-0.2, -0.15) is 0 Å². The van der Waals surface area contributed by atoms with Gasteiger partial charge in [0.1, 0.15) is 11.4 Å². The second kappa shape index (κ2) is 13.7. The number of carboxylic acids is 1. The van der Waals surface area contributed by atoms with Gasteiger partial charge in [-0.25, -0.2) is 14.6 Å². The van der Waals surface area contributed by atoms with Crippen LogP contribution in [0.15, 0.2) is 24.4 Å². The van der Waals surface area contributed by atoms with Crippen molar-refractivity contribution in [3.63, 3.8) is 0 Å². The normalized spacial score (nSPS) is 16.5. The van der Waals surface area contributed by atoms with Crippen molar-refractivity contribution in [2.45, 2.75) is 65.5 Å². The molecule has 0 aromatic carbocycles. The predicted octanol–water partition coefficient (Wildman–Crippen LogP) is 5.28. The number of hydrogen-bond acceptors (Lipinski definition) is 5. The lowest BCUT2D eigenvalue weighted by Gasteiger charge is -2.31. The van der Waals surface area contributed by atoms with E-state index in [1.165, 1.54) is 6.08 Å². The third-order valence-electron chi connectivity index (χ3n) is 5.31. The van der Waals surface area contributed by atoms with Crippen molar-refractivity contribution in [3.05, 3.63) is 30.0 Å². The van der Waals surface area contributed by atoms with E-state index in [0.29, 0.717) is 17.3 Å². The van der Waals surface area contributed by atoms with Crippen molar-refractivity contribution < 1.29 is 19.4 Å². The molecule has 1 aliphatic rings. The molecule has 9 heteroatoms. The van der Waals surface area contributed by atoms with Crippen LogP contribution < -0.4 is 4.90 Å². The Kier molecular flexibility index (Phi) is 12.9. The summed E-state index contributed by atoms with van der Waals surface area (Å²) >= 11 is 0. The minimum atomic E-state index is -1.02. The number of aromatic nitrogens is 1. The fourth-order valence-electron chi connectivity index (χ4n) is 3.65. The third kappa shape index (κ3) is 9.35. The highest BCUT2D eigenvalue weighted by Gasteiger charge is 2.35. The molecule has 0 bridgehead atoms. The highest BCUT2D eigenvalue weighted by atomic mass is 35.5. The summed E-state index contributed by atoms with van der Waals surface area (Å²) < 4.78 is 5.67. The van der Waals surface area contributed by atoms with E-state index < -0.39 is 17.7 Å². The number of ether oxygens (including phenoxy) is 1. The summed E-state index contributed by atoms with van der Waals surface area (Å²) in [4.78, 5) is 32.3. The molecule has 0 aliphatic carbocycles. The molecule has 0 saturated carbocycles. The second-order valence-electron chi connectivity index (χ2n) is 8.86. The van der Waals surface area contributed by atoms with Crippen LogP contribution in [0.4, 0.5) is 10.6 Å². The summed E-state index contributed by atoms with van der Waals surface area (Å²) in [6, 6.07) is 3.49. The van der Waals surface area contributed by atoms with Crippen LogP contribution in [0, 0.1) is 5.92 Å². The van der Waals surface area contributed by atoms with Gasteiger partial charge >= 0.3 is 12.1 Å². The molecule has 2 rings (SSSR count). The lowest BCUT2D eigenvalue weighted by Crippen LogP contribution is -2.45. The molecule has 1 saturated heterocycles. The Hall–Kier alpha value is -1.83. The summed E-state index contributed by atoms with van der Waals surface area (Å²) in [7, 11) is 0. The number of amides is 1. The van der Waals surface area contributed by atoms with Gasteiger partial charge in [0.15, 0.2) is 0 Å². The van der Waals surface area contributed by atoms with Gasteiger partial charge in [0.2, 0.25) is 0 Å². The number of anilines is 1. The molecule has 1 aromatic rings. The van der Waals surface area contributed by atoms with Crippen LogP contribution >= 0.6 is 24.8 Å². The molecule has 1 aliphatic heterocycles. The lowest BCUT2D eigenvalue weighted by molar-refractivity contribution is -0.131. The fourth-order valence-corrected chi connectivity index (χ4v) is 3.65. The van der Waals surface area contributed by atoms with Gasteiger partial charge in [0.05, 0.1) is 6.04 Å². The molecule has 182 valence electrons. The Morgan fingerprint density at radius 3 is 2.44 bits per heavy atom. The molecule has 0 radical (unpaired) electrons. The van der Waals surface area contributed by atoms with E-state index in [1.807, 2.05) is 20.8 Å². The van der Waals surface area contributed by atoms with E-state index in [1.54, 1.807) is 23.2 Å². The average molecular weight is 490 g/mol. The maximum absolute atomic E-state index is 13.0. The Bertz CT molecular complexity index is 747. The number of likely N-dealkylation sites (tertiary alicyclic amines) is 1. The second-order valence-corrected chi connectivity index (χ2v) is 8.86. The molecule has 0 unspecified atom stereocenters. The first-order chi connectivity index (χ1) is 14.1. The van der Waals surface area contributed by atoms with Gasteiger partial charge in [-0.15, -0.1) is 24.8 Å². The number of rotatable bonds is 8. The molecular formula is C23H37Cl2N3O4. The van der Waals surface area contributed by atoms with E-state index in [9.17, 15) is 9.59 Å². The Morgan fingerprint density at radius 2 is 1.94 bits per heavy atom. The highest BCUT2D eigenvalue weighted by molar-refractivity contribution is 5.88. The number of halogens is 2. The van der Waals surface area contributed by atoms with Crippen molar-refractivity contribution in [1.29, 1.82) is 0 Å². The maximum Gasteiger partial charge on any atom is 0.416 e. The number of pyridine rings is 1. The number of carbonyl (C=O) groups excluding carboxylic acids is 1. The van der Waals surface area contributed by atoms with Crippen LogP contribution in [0.2, 0.25) is 0 Å². The van der Waals surface area contributed by atoms with Crippen molar-refractivity contribution >= 4 is 48.8 Å². The molecule has 1 amide bonds. The molecule has 1 fully saturated rings. The summed E-state index contributed by atoms with van der Waals surface area (Å²) in [5, 5.41) is 8.78. The Balaban J connectivity index is 0.00000480. The molecule has 0 spiro atoms. The molecule has 1 atom stereocenters.